The summed E-state index contributed by atoms with van der Waals surface area (Å²) >= 11 is 0. The highest BCUT2D eigenvalue weighted by Gasteiger charge is 2.51. The summed E-state index contributed by atoms with van der Waals surface area (Å²) in [6, 6.07) is 91.3. The number of para-hydroxylation sites is 3. The summed E-state index contributed by atoms with van der Waals surface area (Å²) in [5.41, 5.74) is 20.2. The fourth-order valence-electron chi connectivity index (χ4n) is 10.7. The number of rotatable bonds is 7. The van der Waals surface area contributed by atoms with Crippen molar-refractivity contribution in [3.8, 4) is 78.7 Å². The Morgan fingerprint density at radius 1 is 0.250 bits per heavy atom. The van der Waals surface area contributed by atoms with E-state index in [1.807, 2.05) is 24.3 Å². The molecule has 68 heavy (non-hydrogen) atoms. The van der Waals surface area contributed by atoms with E-state index in [-0.39, 0.29) is 0 Å². The van der Waals surface area contributed by atoms with Crippen LogP contribution >= 0.6 is 0 Å². The molecule has 0 fully saturated rings. The van der Waals surface area contributed by atoms with E-state index in [9.17, 15) is 0 Å². The van der Waals surface area contributed by atoms with Crippen LogP contribution in [0.25, 0.3) is 78.7 Å². The zero-order chi connectivity index (χ0) is 45.0. The fourth-order valence-corrected chi connectivity index (χ4v) is 10.7. The van der Waals surface area contributed by atoms with Crippen molar-refractivity contribution in [3.05, 3.63) is 277 Å². The van der Waals surface area contributed by atoms with Gasteiger partial charge in [-0.2, -0.15) is 0 Å². The van der Waals surface area contributed by atoms with E-state index in [1.165, 1.54) is 50.3 Å². The van der Waals surface area contributed by atoms with Gasteiger partial charge in [-0.15, -0.1) is 0 Å². The maximum Gasteiger partial charge on any atom is 0.164 e. The summed E-state index contributed by atoms with van der Waals surface area (Å²) in [4.78, 5) is 17.9. The Morgan fingerprint density at radius 3 is 1.35 bits per heavy atom. The normalized spacial score (nSPS) is 12.8. The molecule has 0 bridgehead atoms. The molecular weight excluding hydrogens is 825 g/mol. The highest BCUT2D eigenvalue weighted by atomic mass is 15.2. The number of benzene rings is 10. The summed E-state index contributed by atoms with van der Waals surface area (Å²) < 4.78 is 0. The number of aromatic nitrogens is 3. The van der Waals surface area contributed by atoms with Crippen LogP contribution in [-0.4, -0.2) is 15.0 Å². The lowest BCUT2D eigenvalue weighted by Crippen LogP contribution is -2.36. The maximum absolute atomic E-state index is 5.21. The van der Waals surface area contributed by atoms with Gasteiger partial charge in [0.2, 0.25) is 0 Å². The Kier molecular flexibility index (Phi) is 9.36. The number of hydrogen-bond donors (Lipinski definition) is 0. The number of anilines is 3. The van der Waals surface area contributed by atoms with Gasteiger partial charge in [-0.05, 0) is 103 Å². The molecule has 318 valence electrons. The van der Waals surface area contributed by atoms with Gasteiger partial charge in [-0.25, -0.2) is 15.0 Å². The zero-order valence-corrected chi connectivity index (χ0v) is 37.0. The molecule has 0 saturated heterocycles. The van der Waals surface area contributed by atoms with Gasteiger partial charge in [0.25, 0.3) is 0 Å². The van der Waals surface area contributed by atoms with Crippen molar-refractivity contribution >= 4 is 17.1 Å². The minimum absolute atomic E-state index is 0.542. The third-order valence-corrected chi connectivity index (χ3v) is 13.7. The average molecular weight is 867 g/mol. The average Bonchev–Trinajstić information content (AvgIpc) is 3.71. The van der Waals surface area contributed by atoms with Crippen molar-refractivity contribution in [2.45, 2.75) is 5.41 Å². The Balaban J connectivity index is 0.944. The van der Waals surface area contributed by atoms with Gasteiger partial charge in [-0.3, -0.25) is 0 Å². The minimum atomic E-state index is -0.542. The quantitative estimate of drug-likeness (QED) is 0.160. The molecule has 13 rings (SSSR count). The lowest BCUT2D eigenvalue weighted by atomic mass is 9.64. The molecule has 4 nitrogen and oxygen atoms in total. The second-order valence-electron chi connectivity index (χ2n) is 17.5. The van der Waals surface area contributed by atoms with E-state index in [2.05, 4.69) is 235 Å². The van der Waals surface area contributed by atoms with Crippen molar-refractivity contribution in [1.82, 2.24) is 15.0 Å². The maximum atomic E-state index is 5.21. The molecule has 2 aliphatic rings. The van der Waals surface area contributed by atoms with Crippen molar-refractivity contribution in [2.75, 3.05) is 4.90 Å². The second kappa shape index (κ2) is 16.2. The Hall–Kier alpha value is -8.99. The number of nitrogens with zero attached hydrogens (tertiary/aromatic N) is 4. The first-order valence-corrected chi connectivity index (χ1v) is 23.2. The van der Waals surface area contributed by atoms with Crippen LogP contribution in [0.5, 0.6) is 0 Å². The van der Waals surface area contributed by atoms with E-state index in [0.717, 1.165) is 50.2 Å². The summed E-state index contributed by atoms with van der Waals surface area (Å²) in [5, 5.41) is 0. The van der Waals surface area contributed by atoms with Gasteiger partial charge in [0.15, 0.2) is 17.5 Å². The molecule has 0 N–H and O–H groups in total. The molecule has 10 aromatic carbocycles. The van der Waals surface area contributed by atoms with Crippen LogP contribution in [-0.2, 0) is 5.41 Å². The predicted octanol–water partition coefficient (Wildman–Crippen LogP) is 16.0. The van der Waals surface area contributed by atoms with E-state index in [4.69, 9.17) is 15.0 Å². The molecule has 1 aromatic heterocycles. The van der Waals surface area contributed by atoms with Crippen molar-refractivity contribution < 1.29 is 0 Å². The molecule has 0 radical (unpaired) electrons. The molecule has 0 unspecified atom stereocenters. The monoisotopic (exact) mass is 866 g/mol. The van der Waals surface area contributed by atoms with Gasteiger partial charge in [0, 0.05) is 22.4 Å². The van der Waals surface area contributed by atoms with Crippen molar-refractivity contribution in [3.63, 3.8) is 0 Å². The fraction of sp³-hybridized carbons (Fsp3) is 0.0156. The lowest BCUT2D eigenvalue weighted by molar-refractivity contribution is 0.753. The molecule has 1 aliphatic heterocycles. The largest absolute Gasteiger partial charge is 0.310 e. The smallest absolute Gasteiger partial charge is 0.164 e. The topological polar surface area (TPSA) is 41.9 Å². The van der Waals surface area contributed by atoms with Crippen LogP contribution in [0.2, 0.25) is 0 Å². The van der Waals surface area contributed by atoms with Crippen LogP contribution in [0, 0.1) is 0 Å². The SMILES string of the molecule is c1ccc(-c2ccc(-c3nc(-c4ccccc4)nc(-c4ccccc4-c4cccc(-c5ccc6c(c5)C5(c7ccccc7-6)c6ccccc6N(c6ccccc6)c6ccccc65)c4)n3)cc2)cc1. The zero-order valence-electron chi connectivity index (χ0n) is 37.0. The molecule has 2 heterocycles. The van der Waals surface area contributed by atoms with Crippen LogP contribution in [0.1, 0.15) is 22.3 Å². The first-order chi connectivity index (χ1) is 33.7. The third-order valence-electron chi connectivity index (χ3n) is 13.7. The Labute approximate surface area is 396 Å². The van der Waals surface area contributed by atoms with Crippen LogP contribution in [0.15, 0.2) is 255 Å². The highest BCUT2D eigenvalue weighted by Crippen LogP contribution is 2.63. The van der Waals surface area contributed by atoms with Gasteiger partial charge in [-0.1, -0.05) is 218 Å². The standard InChI is InChI=1S/C64H42N4/c1-4-19-43(20-5-1)44-35-37-46(38-36-44)62-65-61(45-21-6-2-7-22-45)66-63(67-62)54-29-11-10-27-51(54)49-24-18-23-47(41-49)48-39-40-53-52-28-12-13-30-55(52)64(58(53)42-48)56-31-14-16-33-59(56)68(50-25-8-3-9-26-50)60-34-17-15-32-57(60)64/h1-42H. The molecule has 0 amide bonds. The number of hydrogen-bond acceptors (Lipinski definition) is 4. The molecule has 11 aromatic rings. The first-order valence-electron chi connectivity index (χ1n) is 23.2. The van der Waals surface area contributed by atoms with Crippen molar-refractivity contribution in [1.29, 1.82) is 0 Å². The van der Waals surface area contributed by atoms with Crippen molar-refractivity contribution in [2.24, 2.45) is 0 Å². The van der Waals surface area contributed by atoms with E-state index >= 15 is 0 Å². The Bertz CT molecular complexity index is 3630. The Morgan fingerprint density at radius 2 is 0.676 bits per heavy atom. The highest BCUT2D eigenvalue weighted by molar-refractivity contribution is 5.97. The second-order valence-corrected chi connectivity index (χ2v) is 17.5. The molecular formula is C64H42N4. The van der Waals surface area contributed by atoms with Crippen LogP contribution < -0.4 is 4.90 Å². The molecule has 1 aliphatic carbocycles. The molecule has 1 spiro atoms. The van der Waals surface area contributed by atoms with Gasteiger partial charge in [0.1, 0.15) is 0 Å². The van der Waals surface area contributed by atoms with Gasteiger partial charge >= 0.3 is 0 Å². The summed E-state index contributed by atoms with van der Waals surface area (Å²) in [5.74, 6) is 1.88. The molecule has 0 saturated carbocycles. The van der Waals surface area contributed by atoms with E-state index < -0.39 is 5.41 Å². The summed E-state index contributed by atoms with van der Waals surface area (Å²) in [6.07, 6.45) is 0. The summed E-state index contributed by atoms with van der Waals surface area (Å²) in [7, 11) is 0. The molecule has 0 atom stereocenters. The minimum Gasteiger partial charge on any atom is -0.310 e. The lowest BCUT2D eigenvalue weighted by Gasteiger charge is -2.45. The molecule has 4 heteroatoms. The summed E-state index contributed by atoms with van der Waals surface area (Å²) in [6.45, 7) is 0. The van der Waals surface area contributed by atoms with E-state index in [1.54, 1.807) is 0 Å². The third kappa shape index (κ3) is 6.34. The van der Waals surface area contributed by atoms with Crippen LogP contribution in [0.4, 0.5) is 17.1 Å². The predicted molar refractivity (Wildman–Crippen MR) is 278 cm³/mol. The van der Waals surface area contributed by atoms with Gasteiger partial charge in [0.05, 0.1) is 16.8 Å². The number of fused-ring (bicyclic) bond motifs is 9. The van der Waals surface area contributed by atoms with E-state index in [0.29, 0.717) is 17.5 Å². The van der Waals surface area contributed by atoms with Crippen LogP contribution in [0.3, 0.4) is 0 Å². The first kappa shape index (κ1) is 39.4. The van der Waals surface area contributed by atoms with Gasteiger partial charge < -0.3 is 4.90 Å².